The van der Waals surface area contributed by atoms with Gasteiger partial charge < -0.3 is 5.32 Å². The van der Waals surface area contributed by atoms with Crippen LogP contribution in [0.15, 0.2) is 12.3 Å². The van der Waals surface area contributed by atoms with Crippen LogP contribution in [0, 0.1) is 5.92 Å². The van der Waals surface area contributed by atoms with Crippen LogP contribution in [0.25, 0.3) is 0 Å². The summed E-state index contributed by atoms with van der Waals surface area (Å²) in [6.07, 6.45) is -3.63. The fourth-order valence-electron chi connectivity index (χ4n) is 1.60. The minimum absolute atomic E-state index is 0.245. The van der Waals surface area contributed by atoms with Crippen LogP contribution in [-0.4, -0.2) is 29.0 Å². The largest absolute Gasteiger partial charge is 0.394 e. The van der Waals surface area contributed by atoms with E-state index in [0.29, 0.717) is 12.5 Å². The lowest BCUT2D eigenvalue weighted by Gasteiger charge is -2.27. The summed E-state index contributed by atoms with van der Waals surface area (Å²) in [5, 5.41) is 6.99. The molecule has 0 bridgehead atoms. The minimum Gasteiger partial charge on any atom is -0.316 e. The van der Waals surface area contributed by atoms with Crippen LogP contribution >= 0.6 is 0 Å². The monoisotopic (exact) mass is 219 g/mol. The third-order valence-corrected chi connectivity index (χ3v) is 2.48. The van der Waals surface area contributed by atoms with Gasteiger partial charge in [0.05, 0.1) is 6.42 Å². The van der Waals surface area contributed by atoms with Crippen LogP contribution in [0.2, 0.25) is 0 Å². The number of hydrogen-bond acceptors (Lipinski definition) is 2. The second-order valence-electron chi connectivity index (χ2n) is 3.82. The van der Waals surface area contributed by atoms with Crippen molar-refractivity contribution in [1.29, 1.82) is 0 Å². The molecule has 3 nitrogen and oxygen atoms in total. The fourth-order valence-corrected chi connectivity index (χ4v) is 1.60. The molecule has 0 spiro atoms. The van der Waals surface area contributed by atoms with Crippen LogP contribution in [0.1, 0.15) is 5.69 Å². The Labute approximate surface area is 85.3 Å². The highest BCUT2D eigenvalue weighted by Gasteiger charge is 2.30. The van der Waals surface area contributed by atoms with Gasteiger partial charge in [0.25, 0.3) is 0 Å². The van der Waals surface area contributed by atoms with Gasteiger partial charge in [0.1, 0.15) is 0 Å². The Kier molecular flexibility index (Phi) is 2.68. The average molecular weight is 219 g/mol. The predicted octanol–water partition coefficient (Wildman–Crippen LogP) is 1.21. The van der Waals surface area contributed by atoms with Crippen LogP contribution in [-0.2, 0) is 13.0 Å². The van der Waals surface area contributed by atoms with E-state index in [0.717, 1.165) is 13.1 Å². The highest BCUT2D eigenvalue weighted by molar-refractivity contribution is 5.02. The van der Waals surface area contributed by atoms with Crippen LogP contribution in [0.3, 0.4) is 0 Å². The molecule has 1 aliphatic rings. The van der Waals surface area contributed by atoms with E-state index in [9.17, 15) is 13.2 Å². The van der Waals surface area contributed by atoms with Gasteiger partial charge >= 0.3 is 6.18 Å². The van der Waals surface area contributed by atoms with Gasteiger partial charge in [-0.05, 0) is 6.07 Å². The first-order valence-electron chi connectivity index (χ1n) is 4.83. The van der Waals surface area contributed by atoms with Crippen molar-refractivity contribution in [2.24, 2.45) is 5.92 Å². The molecule has 0 atom stereocenters. The molecule has 2 heterocycles. The molecule has 0 aromatic carbocycles. The van der Waals surface area contributed by atoms with Crippen molar-refractivity contribution in [1.82, 2.24) is 15.1 Å². The lowest BCUT2D eigenvalue weighted by Crippen LogP contribution is -2.44. The second kappa shape index (κ2) is 3.84. The van der Waals surface area contributed by atoms with E-state index in [1.165, 1.54) is 16.9 Å². The lowest BCUT2D eigenvalue weighted by atomic mass is 10.0. The molecule has 2 rings (SSSR count). The van der Waals surface area contributed by atoms with Gasteiger partial charge in [-0.25, -0.2) is 0 Å². The summed E-state index contributed by atoms with van der Waals surface area (Å²) in [6, 6.07) is 1.43. The molecule has 0 unspecified atom stereocenters. The Morgan fingerprint density at radius 1 is 1.47 bits per heavy atom. The summed E-state index contributed by atoms with van der Waals surface area (Å²) in [5.74, 6) is 0.414. The number of nitrogens with one attached hydrogen (secondary N) is 1. The molecule has 0 radical (unpaired) electrons. The lowest BCUT2D eigenvalue weighted by molar-refractivity contribution is -0.128. The fraction of sp³-hybridized carbons (Fsp3) is 0.667. The molecule has 1 N–H and O–H groups in total. The summed E-state index contributed by atoms with van der Waals surface area (Å²) < 4.78 is 38.0. The van der Waals surface area contributed by atoms with E-state index in [2.05, 4.69) is 10.4 Å². The average Bonchev–Trinajstić information content (AvgIpc) is 2.42. The van der Waals surface area contributed by atoms with E-state index in [1.54, 1.807) is 0 Å². The summed E-state index contributed by atoms with van der Waals surface area (Å²) >= 11 is 0. The molecule has 6 heteroatoms. The first-order valence-corrected chi connectivity index (χ1v) is 4.83. The molecule has 84 valence electrons. The SMILES string of the molecule is FC(F)(F)Cc1ccnn1CC1CNC1. The van der Waals surface area contributed by atoms with Crippen LogP contribution in [0.4, 0.5) is 13.2 Å². The number of aromatic nitrogens is 2. The minimum atomic E-state index is -4.16. The molecule has 1 aromatic rings. The molecule has 0 amide bonds. The zero-order chi connectivity index (χ0) is 10.9. The van der Waals surface area contributed by atoms with Crippen molar-refractivity contribution in [3.63, 3.8) is 0 Å². The van der Waals surface area contributed by atoms with Gasteiger partial charge in [-0.15, -0.1) is 0 Å². The Morgan fingerprint density at radius 3 is 2.73 bits per heavy atom. The van der Waals surface area contributed by atoms with E-state index < -0.39 is 12.6 Å². The third kappa shape index (κ3) is 2.71. The first-order chi connectivity index (χ1) is 7.04. The van der Waals surface area contributed by atoms with Crippen molar-refractivity contribution in [2.45, 2.75) is 19.1 Å². The maximum atomic E-state index is 12.2. The normalized spacial score (nSPS) is 17.8. The van der Waals surface area contributed by atoms with E-state index in [-0.39, 0.29) is 5.69 Å². The topological polar surface area (TPSA) is 29.9 Å². The van der Waals surface area contributed by atoms with Crippen molar-refractivity contribution < 1.29 is 13.2 Å². The highest BCUT2D eigenvalue weighted by Crippen LogP contribution is 2.21. The Hall–Kier alpha value is -1.04. The third-order valence-electron chi connectivity index (χ3n) is 2.48. The van der Waals surface area contributed by atoms with E-state index in [4.69, 9.17) is 0 Å². The summed E-state index contributed by atoms with van der Waals surface area (Å²) in [7, 11) is 0. The number of alkyl halides is 3. The maximum absolute atomic E-state index is 12.2. The standard InChI is InChI=1S/C9H12F3N3/c10-9(11,12)3-8-1-2-14-15(8)6-7-4-13-5-7/h1-2,7,13H,3-6H2. The molecule has 0 saturated carbocycles. The first kappa shape index (κ1) is 10.5. The quantitative estimate of drug-likeness (QED) is 0.828. The number of nitrogens with zero attached hydrogens (tertiary/aromatic N) is 2. The van der Waals surface area contributed by atoms with Gasteiger partial charge in [0, 0.05) is 37.4 Å². The van der Waals surface area contributed by atoms with Gasteiger partial charge in [-0.3, -0.25) is 4.68 Å². The van der Waals surface area contributed by atoms with Gasteiger partial charge in [0.15, 0.2) is 0 Å². The van der Waals surface area contributed by atoms with Gasteiger partial charge in [0.2, 0.25) is 0 Å². The van der Waals surface area contributed by atoms with Crippen LogP contribution in [0.5, 0.6) is 0 Å². The zero-order valence-corrected chi connectivity index (χ0v) is 8.09. The molecule has 1 saturated heterocycles. The highest BCUT2D eigenvalue weighted by atomic mass is 19.4. The van der Waals surface area contributed by atoms with Gasteiger partial charge in [-0.1, -0.05) is 0 Å². The Bertz CT molecular complexity index is 328. The van der Waals surface area contributed by atoms with E-state index in [1.807, 2.05) is 0 Å². The van der Waals surface area contributed by atoms with E-state index >= 15 is 0 Å². The number of rotatable bonds is 3. The second-order valence-corrected chi connectivity index (χ2v) is 3.82. The molecule has 1 aromatic heterocycles. The predicted molar refractivity (Wildman–Crippen MR) is 48.3 cm³/mol. The summed E-state index contributed by atoms with van der Waals surface area (Å²) in [5.41, 5.74) is 0.245. The number of halogens is 3. The summed E-state index contributed by atoms with van der Waals surface area (Å²) in [4.78, 5) is 0. The molecular weight excluding hydrogens is 207 g/mol. The molecule has 1 fully saturated rings. The smallest absolute Gasteiger partial charge is 0.316 e. The van der Waals surface area contributed by atoms with Crippen molar-refractivity contribution in [3.05, 3.63) is 18.0 Å². The van der Waals surface area contributed by atoms with Gasteiger partial charge in [-0.2, -0.15) is 18.3 Å². The maximum Gasteiger partial charge on any atom is 0.394 e. The molecule has 15 heavy (non-hydrogen) atoms. The molecular formula is C9H12F3N3. The molecule has 1 aliphatic heterocycles. The number of hydrogen-bond donors (Lipinski definition) is 1. The Morgan fingerprint density at radius 2 is 2.20 bits per heavy atom. The van der Waals surface area contributed by atoms with Crippen molar-refractivity contribution in [2.75, 3.05) is 13.1 Å². The molecule has 0 aliphatic carbocycles. The Balaban J connectivity index is 2.01. The van der Waals surface area contributed by atoms with Crippen molar-refractivity contribution >= 4 is 0 Å². The summed E-state index contributed by atoms with van der Waals surface area (Å²) in [6.45, 7) is 2.31. The van der Waals surface area contributed by atoms with Crippen LogP contribution < -0.4 is 5.32 Å². The van der Waals surface area contributed by atoms with Crippen molar-refractivity contribution in [3.8, 4) is 0 Å². The zero-order valence-electron chi connectivity index (χ0n) is 8.09.